The molecule has 0 aliphatic heterocycles. The van der Waals surface area contributed by atoms with Gasteiger partial charge >= 0.3 is 18.1 Å². The molecule has 4 aliphatic carbocycles. The number of amides is 2. The van der Waals surface area contributed by atoms with Gasteiger partial charge in [0.05, 0.1) is 24.5 Å². The number of hydrogen-bond acceptors (Lipinski definition) is 19. The fourth-order valence-corrected chi connectivity index (χ4v) is 12.9. The SMILES string of the molecule is CC1CC2C3CC(F)=C4CC(=O)C=CC4(C)C3(F)C(O)CC2(C)C1(O)C(=O)COC(=O)OCCSSCC(NC(=O)CCC(NC(=O)c1ccc(NCc2cnc3nc(N)[nH]c(=O)c3n2)cc1)C(=O)O)C(=O)O. The third-order valence-electron chi connectivity index (χ3n) is 14.7. The van der Waals surface area contributed by atoms with Crippen molar-refractivity contribution in [1.82, 2.24) is 30.6 Å². The van der Waals surface area contributed by atoms with E-state index < -0.39 is 125 Å². The Labute approximate surface area is 422 Å². The van der Waals surface area contributed by atoms with Crippen LogP contribution in [0.3, 0.4) is 0 Å². The smallest absolute Gasteiger partial charge is 0.480 e. The normalized spacial score (nSPS) is 28.0. The lowest BCUT2D eigenvalue weighted by Crippen LogP contribution is -2.69. The van der Waals surface area contributed by atoms with Gasteiger partial charge in [0, 0.05) is 58.8 Å². The molecule has 10 unspecified atom stereocenters. The maximum atomic E-state index is 17.5. The van der Waals surface area contributed by atoms with Crippen molar-refractivity contribution in [3.63, 3.8) is 0 Å². The number of nitrogens with two attached hydrogens (primary N) is 1. The van der Waals surface area contributed by atoms with E-state index in [0.29, 0.717) is 11.4 Å². The minimum absolute atomic E-state index is 0.00155. The second-order valence-electron chi connectivity index (χ2n) is 19.0. The number of anilines is 2. The van der Waals surface area contributed by atoms with E-state index in [2.05, 4.69) is 35.9 Å². The molecule has 10 atom stereocenters. The van der Waals surface area contributed by atoms with Gasteiger partial charge in [0.1, 0.15) is 30.1 Å². The third-order valence-corrected chi connectivity index (χ3v) is 17.1. The summed E-state index contributed by atoms with van der Waals surface area (Å²) < 4.78 is 43.3. The van der Waals surface area contributed by atoms with E-state index >= 15 is 8.78 Å². The number of carbonyl (C=O) groups is 7. The summed E-state index contributed by atoms with van der Waals surface area (Å²) in [5.41, 5.74) is -1.57. The van der Waals surface area contributed by atoms with Gasteiger partial charge in [0.25, 0.3) is 11.5 Å². The van der Waals surface area contributed by atoms with Crippen molar-refractivity contribution >= 4 is 85.9 Å². The van der Waals surface area contributed by atoms with E-state index in [1.807, 2.05) is 0 Å². The summed E-state index contributed by atoms with van der Waals surface area (Å²) in [5.74, 6) is -9.19. The number of carboxylic acid groups (broad SMARTS) is 2. The number of hydrogen-bond donors (Lipinski definition) is 9. The molecule has 0 saturated heterocycles. The standard InChI is InChI=1S/C47H54F2N8O14S2/c1-22-14-27-28-16-30(48)29-15-26(58)10-11-44(29,2)46(28,49)33(59)17-45(27,3)47(22,69)34(60)20-71-43(68)70-12-13-72-73-21-32(41(66)67)54-35(61)9-8-31(40(64)65)55-38(62)23-4-6-24(7-5-23)51-18-25-19-52-37-36(53-25)39(63)57-42(50)56-37/h4-7,10-11,19,22,27-28,31-33,51,59,69H,8-9,12-18,20-21H2,1-3H3,(H,54,61)(H,55,62)(H,64,65)(H,66,67)(H3,50,52,56,57,63). The summed E-state index contributed by atoms with van der Waals surface area (Å²) in [6, 6.07) is 3.05. The molecule has 2 saturated carbocycles. The highest BCUT2D eigenvalue weighted by Gasteiger charge is 2.76. The van der Waals surface area contributed by atoms with Gasteiger partial charge in [-0.3, -0.25) is 29.0 Å². The van der Waals surface area contributed by atoms with Crippen LogP contribution in [-0.2, 0) is 40.0 Å². The van der Waals surface area contributed by atoms with Gasteiger partial charge < -0.3 is 51.6 Å². The minimum Gasteiger partial charge on any atom is -0.480 e. The first-order valence-corrected chi connectivity index (χ1v) is 25.6. The van der Waals surface area contributed by atoms with Gasteiger partial charge in [-0.05, 0) is 73.9 Å². The number of ether oxygens (including phenoxy) is 2. The van der Waals surface area contributed by atoms with Crippen LogP contribution >= 0.6 is 21.6 Å². The number of halogens is 2. The van der Waals surface area contributed by atoms with Crippen molar-refractivity contribution in [2.75, 3.05) is 35.8 Å². The van der Waals surface area contributed by atoms with Gasteiger partial charge in [-0.2, -0.15) is 4.98 Å². The number of ketones is 2. The monoisotopic (exact) mass is 1060 g/mol. The molecule has 0 radical (unpaired) electrons. The molecular weight excluding hydrogens is 1000 g/mol. The minimum atomic E-state index is -2.40. The summed E-state index contributed by atoms with van der Waals surface area (Å²) in [5, 5.41) is 50.8. The van der Waals surface area contributed by atoms with Gasteiger partial charge in [-0.1, -0.05) is 41.5 Å². The molecule has 4 aliphatic rings. The predicted octanol–water partition coefficient (Wildman–Crippen LogP) is 3.19. The lowest BCUT2D eigenvalue weighted by atomic mass is 9.45. The van der Waals surface area contributed by atoms with Gasteiger partial charge in [0.15, 0.2) is 29.2 Å². The van der Waals surface area contributed by atoms with Crippen molar-refractivity contribution in [3.05, 3.63) is 75.6 Å². The van der Waals surface area contributed by atoms with E-state index in [-0.39, 0.29) is 84.4 Å². The first-order valence-electron chi connectivity index (χ1n) is 23.1. The van der Waals surface area contributed by atoms with Crippen LogP contribution in [0.5, 0.6) is 0 Å². The van der Waals surface area contributed by atoms with E-state index in [1.165, 1.54) is 37.4 Å². The highest BCUT2D eigenvalue weighted by Crippen LogP contribution is 2.71. The number of aliphatic hydroxyl groups is 2. The zero-order chi connectivity index (χ0) is 53.2. The Balaban J connectivity index is 0.808. The molecule has 22 nitrogen and oxygen atoms in total. The molecule has 3 aromatic rings. The molecule has 2 fully saturated rings. The Hall–Kier alpha value is -6.51. The molecular formula is C47H54F2N8O14S2. The Bertz CT molecular complexity index is 2840. The Morgan fingerprint density at radius 3 is 2.41 bits per heavy atom. The predicted molar refractivity (Wildman–Crippen MR) is 259 cm³/mol. The second kappa shape index (κ2) is 21.5. The number of aromatic amines is 1. The van der Waals surface area contributed by atoms with Crippen LogP contribution in [0.1, 0.15) is 75.3 Å². The topological polar surface area (TPSA) is 353 Å². The molecule has 2 aromatic heterocycles. The average molecular weight is 1060 g/mol. The van der Waals surface area contributed by atoms with Crippen LogP contribution in [0, 0.1) is 28.6 Å². The number of nitrogen functional groups attached to an aromatic ring is 1. The lowest BCUT2D eigenvalue weighted by molar-refractivity contribution is -0.217. The quantitative estimate of drug-likeness (QED) is 0.0446. The van der Waals surface area contributed by atoms with Crippen molar-refractivity contribution in [2.24, 2.45) is 28.6 Å². The third kappa shape index (κ3) is 10.6. The molecule has 7 rings (SSSR count). The Morgan fingerprint density at radius 2 is 1.71 bits per heavy atom. The molecule has 0 bridgehead atoms. The number of alkyl halides is 1. The maximum absolute atomic E-state index is 17.5. The van der Waals surface area contributed by atoms with E-state index in [0.717, 1.165) is 21.6 Å². The van der Waals surface area contributed by atoms with Crippen molar-refractivity contribution < 1.29 is 72.2 Å². The van der Waals surface area contributed by atoms with Gasteiger partial charge in [0.2, 0.25) is 17.6 Å². The number of Topliss-reactive ketones (excluding diaryl/α,β-unsaturated/α-hetero) is 1. The number of carboxylic acids is 2. The molecule has 2 heterocycles. The van der Waals surface area contributed by atoms with Crippen LogP contribution < -0.4 is 27.2 Å². The zero-order valence-electron chi connectivity index (χ0n) is 39.6. The fourth-order valence-electron chi connectivity index (χ4n) is 10.9. The van der Waals surface area contributed by atoms with Crippen LogP contribution in [0.4, 0.5) is 25.2 Å². The number of allylic oxidation sites excluding steroid dienone is 4. The summed E-state index contributed by atoms with van der Waals surface area (Å²) in [4.78, 5) is 115. The highest BCUT2D eigenvalue weighted by atomic mass is 33.1. The first kappa shape index (κ1) is 54.3. The van der Waals surface area contributed by atoms with Crippen molar-refractivity contribution in [1.29, 1.82) is 0 Å². The number of carbonyl (C=O) groups excluding carboxylic acids is 5. The number of fused-ring (bicyclic) bond motifs is 6. The van der Waals surface area contributed by atoms with E-state index in [4.69, 9.17) is 15.2 Å². The first-order chi connectivity index (χ1) is 34.4. The lowest BCUT2D eigenvalue weighted by Gasteiger charge is -2.62. The Kier molecular flexibility index (Phi) is 16.0. The maximum Gasteiger partial charge on any atom is 0.508 e. The van der Waals surface area contributed by atoms with E-state index in [9.17, 15) is 58.8 Å². The van der Waals surface area contributed by atoms with Gasteiger partial charge in [-0.15, -0.1) is 0 Å². The zero-order valence-corrected chi connectivity index (χ0v) is 41.3. The summed E-state index contributed by atoms with van der Waals surface area (Å²) in [6.45, 7) is 3.55. The van der Waals surface area contributed by atoms with Crippen LogP contribution in [0.25, 0.3) is 11.2 Å². The van der Waals surface area contributed by atoms with Crippen molar-refractivity contribution in [2.45, 2.75) is 95.3 Å². The average Bonchev–Trinajstić information content (AvgIpc) is 3.54. The van der Waals surface area contributed by atoms with Crippen LogP contribution in [0.15, 0.2) is 58.8 Å². The molecule has 2 amide bonds. The number of aliphatic hydroxyl groups excluding tert-OH is 1. The highest BCUT2D eigenvalue weighted by molar-refractivity contribution is 8.76. The van der Waals surface area contributed by atoms with E-state index in [1.54, 1.807) is 26.0 Å². The second-order valence-corrected chi connectivity index (χ2v) is 21.6. The number of benzene rings is 1. The largest absolute Gasteiger partial charge is 0.508 e. The number of nitrogens with one attached hydrogen (secondary N) is 4. The van der Waals surface area contributed by atoms with Crippen LogP contribution in [0.2, 0.25) is 0 Å². The number of nitrogens with zero attached hydrogens (tertiary/aromatic N) is 3. The number of H-pyrrole nitrogens is 1. The molecule has 26 heteroatoms. The Morgan fingerprint density at radius 1 is 1.00 bits per heavy atom. The molecule has 392 valence electrons. The summed E-state index contributed by atoms with van der Waals surface area (Å²) >= 11 is 0. The summed E-state index contributed by atoms with van der Waals surface area (Å²) in [7, 11) is 2.09. The number of aliphatic carboxylic acids is 2. The van der Waals surface area contributed by atoms with Crippen molar-refractivity contribution in [3.8, 4) is 0 Å². The number of aromatic nitrogens is 4. The number of rotatable bonds is 20. The summed E-state index contributed by atoms with van der Waals surface area (Å²) in [6.07, 6.45) is -0.922. The van der Waals surface area contributed by atoms with Gasteiger partial charge in [-0.25, -0.2) is 33.1 Å². The molecule has 10 N–H and O–H groups in total. The molecule has 1 aromatic carbocycles. The van der Waals surface area contributed by atoms with Crippen LogP contribution in [-0.4, -0.2) is 136 Å². The molecule has 0 spiro atoms. The fraction of sp³-hybridized carbons (Fsp3) is 0.511. The molecule has 73 heavy (non-hydrogen) atoms.